The Morgan fingerprint density at radius 1 is 1.75 bits per heavy atom. The monoisotopic (exact) mass is 239 g/mol. The quantitative estimate of drug-likeness (QED) is 0.365. The van der Waals surface area contributed by atoms with Gasteiger partial charge in [-0.1, -0.05) is 5.16 Å². The van der Waals surface area contributed by atoms with E-state index >= 15 is 0 Å². The van der Waals surface area contributed by atoms with Gasteiger partial charge in [0.05, 0.1) is 0 Å². The maximum absolute atomic E-state index is 8.55. The second kappa shape index (κ2) is 4.84. The van der Waals surface area contributed by atoms with Gasteiger partial charge >= 0.3 is 0 Å². The average molecular weight is 239 g/mol. The molecule has 2 rings (SSSR count). The summed E-state index contributed by atoms with van der Waals surface area (Å²) < 4.78 is 0. The lowest BCUT2D eigenvalue weighted by atomic mass is 10.1. The molecule has 0 aliphatic carbocycles. The molecule has 0 aromatic carbocycles. The molecule has 1 aromatic heterocycles. The Hall–Kier alpha value is -1.07. The first-order chi connectivity index (χ1) is 7.70. The van der Waals surface area contributed by atoms with Crippen LogP contribution in [0.25, 0.3) is 0 Å². The number of amidine groups is 1. The van der Waals surface area contributed by atoms with Crippen molar-refractivity contribution in [1.29, 1.82) is 0 Å². The normalized spacial score (nSPS) is 19.4. The van der Waals surface area contributed by atoms with Gasteiger partial charge in [0.25, 0.3) is 0 Å². The minimum Gasteiger partial charge on any atom is -0.409 e. The third kappa shape index (κ3) is 2.36. The van der Waals surface area contributed by atoms with E-state index < -0.39 is 0 Å². The Kier molecular flexibility index (Phi) is 3.46. The summed E-state index contributed by atoms with van der Waals surface area (Å²) in [5, 5.41) is 13.7. The topological polar surface area (TPSA) is 61.9 Å². The zero-order valence-electron chi connectivity index (χ0n) is 9.39. The zero-order chi connectivity index (χ0) is 11.5. The fourth-order valence-corrected chi connectivity index (χ4v) is 3.01. The van der Waals surface area contributed by atoms with E-state index in [9.17, 15) is 0 Å². The molecule has 2 heterocycles. The number of thiophene rings is 1. The molecule has 0 bridgehead atoms. The summed E-state index contributed by atoms with van der Waals surface area (Å²) in [6, 6.07) is 2.52. The standard InChI is InChI=1S/C11H17N3OS/c1-8(6-11(12)13-15)14-4-2-10-9(7-14)3-5-16-10/h3,5,8,15H,2,4,6-7H2,1H3,(H2,12,13). The van der Waals surface area contributed by atoms with Crippen LogP contribution < -0.4 is 5.73 Å². The van der Waals surface area contributed by atoms with Crippen LogP contribution in [0.1, 0.15) is 23.8 Å². The third-order valence-electron chi connectivity index (χ3n) is 3.09. The van der Waals surface area contributed by atoms with E-state index in [1.807, 2.05) is 11.3 Å². The largest absolute Gasteiger partial charge is 0.409 e. The number of oxime groups is 1. The SMILES string of the molecule is CC(CC(N)=NO)N1CCc2sccc2C1. The minimum atomic E-state index is 0.309. The summed E-state index contributed by atoms with van der Waals surface area (Å²) in [7, 11) is 0. The molecule has 0 saturated carbocycles. The summed E-state index contributed by atoms with van der Waals surface area (Å²) >= 11 is 1.84. The van der Waals surface area contributed by atoms with Crippen LogP contribution >= 0.6 is 11.3 Å². The fraction of sp³-hybridized carbons (Fsp3) is 0.545. The van der Waals surface area contributed by atoms with Crippen LogP contribution in [-0.4, -0.2) is 28.5 Å². The van der Waals surface area contributed by atoms with Gasteiger partial charge in [0.15, 0.2) is 0 Å². The Labute approximate surface area is 99.4 Å². The number of hydrogen-bond donors (Lipinski definition) is 2. The molecule has 0 amide bonds. The van der Waals surface area contributed by atoms with E-state index in [1.54, 1.807) is 0 Å². The molecule has 4 nitrogen and oxygen atoms in total. The summed E-state index contributed by atoms with van der Waals surface area (Å²) in [6.45, 7) is 4.17. The van der Waals surface area contributed by atoms with Gasteiger partial charge in [0, 0.05) is 30.4 Å². The van der Waals surface area contributed by atoms with Crippen LogP contribution in [0.15, 0.2) is 16.6 Å². The Bertz CT molecular complexity index is 388. The molecular weight excluding hydrogens is 222 g/mol. The molecule has 1 aliphatic rings. The van der Waals surface area contributed by atoms with Gasteiger partial charge in [-0.15, -0.1) is 11.3 Å². The van der Waals surface area contributed by atoms with Crippen LogP contribution in [0, 0.1) is 0 Å². The first kappa shape index (κ1) is 11.4. The number of nitrogens with two attached hydrogens (primary N) is 1. The van der Waals surface area contributed by atoms with E-state index in [0.29, 0.717) is 18.3 Å². The average Bonchev–Trinajstić information content (AvgIpc) is 2.75. The molecule has 88 valence electrons. The summed E-state index contributed by atoms with van der Waals surface area (Å²) in [6.07, 6.45) is 1.74. The molecular formula is C11H17N3OS. The molecule has 1 unspecified atom stereocenters. The molecule has 0 radical (unpaired) electrons. The molecule has 0 spiro atoms. The maximum atomic E-state index is 8.55. The van der Waals surface area contributed by atoms with Crippen molar-refractivity contribution in [1.82, 2.24) is 4.90 Å². The molecule has 1 aromatic rings. The highest BCUT2D eigenvalue weighted by Crippen LogP contribution is 2.25. The molecule has 0 saturated heterocycles. The van der Waals surface area contributed by atoms with E-state index in [4.69, 9.17) is 10.9 Å². The highest BCUT2D eigenvalue weighted by atomic mass is 32.1. The van der Waals surface area contributed by atoms with Crippen molar-refractivity contribution in [2.24, 2.45) is 10.9 Å². The van der Waals surface area contributed by atoms with Crippen LogP contribution in [0.2, 0.25) is 0 Å². The molecule has 3 N–H and O–H groups in total. The second-order valence-electron chi connectivity index (χ2n) is 4.23. The van der Waals surface area contributed by atoms with Gasteiger partial charge in [-0.3, -0.25) is 4.90 Å². The Balaban J connectivity index is 1.98. The minimum absolute atomic E-state index is 0.309. The summed E-state index contributed by atoms with van der Waals surface area (Å²) in [5.74, 6) is 0.309. The number of fused-ring (bicyclic) bond motifs is 1. The maximum Gasteiger partial charge on any atom is 0.140 e. The first-order valence-electron chi connectivity index (χ1n) is 5.46. The van der Waals surface area contributed by atoms with Gasteiger partial charge in [0.1, 0.15) is 5.84 Å². The summed E-state index contributed by atoms with van der Waals surface area (Å²) in [4.78, 5) is 3.89. The second-order valence-corrected chi connectivity index (χ2v) is 5.23. The predicted molar refractivity (Wildman–Crippen MR) is 65.9 cm³/mol. The van der Waals surface area contributed by atoms with Crippen LogP contribution in [-0.2, 0) is 13.0 Å². The van der Waals surface area contributed by atoms with E-state index in [2.05, 4.69) is 28.4 Å². The zero-order valence-corrected chi connectivity index (χ0v) is 10.2. The smallest absolute Gasteiger partial charge is 0.140 e. The van der Waals surface area contributed by atoms with Gasteiger partial charge in [0.2, 0.25) is 0 Å². The lowest BCUT2D eigenvalue weighted by Gasteiger charge is -2.32. The van der Waals surface area contributed by atoms with Gasteiger partial charge in [-0.05, 0) is 30.4 Å². The lowest BCUT2D eigenvalue weighted by molar-refractivity contribution is 0.195. The molecule has 1 atom stereocenters. The van der Waals surface area contributed by atoms with E-state index in [-0.39, 0.29) is 0 Å². The number of hydrogen-bond acceptors (Lipinski definition) is 4. The molecule has 5 heteroatoms. The van der Waals surface area contributed by atoms with Crippen molar-refractivity contribution < 1.29 is 5.21 Å². The summed E-state index contributed by atoms with van der Waals surface area (Å²) in [5.41, 5.74) is 6.96. The molecule has 1 aliphatic heterocycles. The van der Waals surface area contributed by atoms with Crippen molar-refractivity contribution in [3.63, 3.8) is 0 Å². The predicted octanol–water partition coefficient (Wildman–Crippen LogP) is 1.63. The van der Waals surface area contributed by atoms with Crippen LogP contribution in [0.3, 0.4) is 0 Å². The first-order valence-corrected chi connectivity index (χ1v) is 6.34. The fourth-order valence-electron chi connectivity index (χ4n) is 2.12. The van der Waals surface area contributed by atoms with Gasteiger partial charge in [-0.2, -0.15) is 0 Å². The van der Waals surface area contributed by atoms with Crippen molar-refractivity contribution >= 4 is 17.2 Å². The molecule has 0 fully saturated rings. The van der Waals surface area contributed by atoms with Crippen LogP contribution in [0.5, 0.6) is 0 Å². The van der Waals surface area contributed by atoms with E-state index in [1.165, 1.54) is 10.4 Å². The van der Waals surface area contributed by atoms with Gasteiger partial charge < -0.3 is 10.9 Å². The van der Waals surface area contributed by atoms with Crippen molar-refractivity contribution in [2.75, 3.05) is 6.54 Å². The number of nitrogens with zero attached hydrogens (tertiary/aromatic N) is 2. The highest BCUT2D eigenvalue weighted by Gasteiger charge is 2.21. The lowest BCUT2D eigenvalue weighted by Crippen LogP contribution is -2.39. The Morgan fingerprint density at radius 2 is 2.56 bits per heavy atom. The Morgan fingerprint density at radius 3 is 3.31 bits per heavy atom. The highest BCUT2D eigenvalue weighted by molar-refractivity contribution is 7.10. The van der Waals surface area contributed by atoms with Crippen molar-refractivity contribution in [2.45, 2.75) is 32.4 Å². The molecule has 16 heavy (non-hydrogen) atoms. The van der Waals surface area contributed by atoms with Crippen molar-refractivity contribution in [3.05, 3.63) is 21.9 Å². The van der Waals surface area contributed by atoms with Crippen LogP contribution in [0.4, 0.5) is 0 Å². The van der Waals surface area contributed by atoms with E-state index in [0.717, 1.165) is 19.5 Å². The van der Waals surface area contributed by atoms with Crippen molar-refractivity contribution in [3.8, 4) is 0 Å². The third-order valence-corrected chi connectivity index (χ3v) is 4.12. The van der Waals surface area contributed by atoms with Gasteiger partial charge in [-0.25, -0.2) is 0 Å². The number of rotatable bonds is 3.